The first-order valence-corrected chi connectivity index (χ1v) is 8.01. The van der Waals surface area contributed by atoms with Gasteiger partial charge in [-0.1, -0.05) is 13.8 Å². The Morgan fingerprint density at radius 2 is 2.05 bits per heavy atom. The van der Waals surface area contributed by atoms with Gasteiger partial charge in [0.2, 0.25) is 0 Å². The van der Waals surface area contributed by atoms with Crippen molar-refractivity contribution in [2.24, 2.45) is 0 Å². The molecule has 2 aromatic heterocycles. The van der Waals surface area contributed by atoms with Gasteiger partial charge in [0.05, 0.1) is 11.7 Å². The topological polar surface area (TPSA) is 34.0 Å². The molecule has 2 heterocycles. The van der Waals surface area contributed by atoms with Crippen LogP contribution in [0.1, 0.15) is 43.0 Å². The Kier molecular flexibility index (Phi) is 5.01. The summed E-state index contributed by atoms with van der Waals surface area (Å²) in [6, 6.07) is 8.13. The van der Waals surface area contributed by atoms with E-state index in [9.17, 15) is 4.79 Å². The Hall–Kier alpha value is -1.55. The molecule has 0 aromatic carbocycles. The maximum atomic E-state index is 11.7. The van der Waals surface area contributed by atoms with E-state index < -0.39 is 0 Å². The molecule has 1 atom stereocenters. The highest BCUT2D eigenvalue weighted by molar-refractivity contribution is 7.12. The Bertz CT molecular complexity index is 615. The minimum absolute atomic E-state index is 0.0643. The zero-order chi connectivity index (χ0) is 14.5. The van der Waals surface area contributed by atoms with Gasteiger partial charge < -0.3 is 9.88 Å². The molecule has 0 aliphatic carbocycles. The summed E-state index contributed by atoms with van der Waals surface area (Å²) in [5, 5.41) is 3.47. The van der Waals surface area contributed by atoms with Crippen molar-refractivity contribution >= 4 is 17.0 Å². The standard InChI is InChI=1S/C16H22N2OS/c1-4-10-18-11-13(6-9-16(18)19)17-12(3)15-8-7-14(5-2)20-15/h6-9,11-12,17H,4-5,10H2,1-3H3. The highest BCUT2D eigenvalue weighted by atomic mass is 32.1. The van der Waals surface area contributed by atoms with Crippen LogP contribution in [0.5, 0.6) is 0 Å². The first-order valence-electron chi connectivity index (χ1n) is 7.19. The number of aromatic nitrogens is 1. The SMILES string of the molecule is CCCn1cc(NC(C)c2ccc(CC)s2)ccc1=O. The third-order valence-electron chi connectivity index (χ3n) is 3.29. The second kappa shape index (κ2) is 6.75. The number of thiophene rings is 1. The molecular weight excluding hydrogens is 268 g/mol. The summed E-state index contributed by atoms with van der Waals surface area (Å²) in [6.07, 6.45) is 3.96. The van der Waals surface area contributed by atoms with Crippen molar-refractivity contribution in [3.63, 3.8) is 0 Å². The number of aryl methyl sites for hydroxylation is 2. The van der Waals surface area contributed by atoms with Crippen LogP contribution in [0.4, 0.5) is 5.69 Å². The smallest absolute Gasteiger partial charge is 0.250 e. The van der Waals surface area contributed by atoms with Gasteiger partial charge in [0, 0.05) is 28.6 Å². The molecule has 0 spiro atoms. The second-order valence-electron chi connectivity index (χ2n) is 4.97. The molecule has 3 nitrogen and oxygen atoms in total. The van der Waals surface area contributed by atoms with Gasteiger partial charge in [-0.25, -0.2) is 0 Å². The lowest BCUT2D eigenvalue weighted by atomic mass is 10.2. The molecule has 2 aromatic rings. The first kappa shape index (κ1) is 14.9. The van der Waals surface area contributed by atoms with E-state index in [4.69, 9.17) is 0 Å². The van der Waals surface area contributed by atoms with Crippen LogP contribution in [0.15, 0.2) is 35.3 Å². The normalized spacial score (nSPS) is 12.3. The molecule has 0 aliphatic heterocycles. The molecule has 0 aliphatic rings. The lowest BCUT2D eigenvalue weighted by Gasteiger charge is -2.15. The lowest BCUT2D eigenvalue weighted by molar-refractivity contribution is 0.654. The van der Waals surface area contributed by atoms with E-state index in [1.165, 1.54) is 9.75 Å². The third-order valence-corrected chi connectivity index (χ3v) is 4.70. The Morgan fingerprint density at radius 1 is 1.25 bits per heavy atom. The van der Waals surface area contributed by atoms with E-state index in [1.54, 1.807) is 10.6 Å². The van der Waals surface area contributed by atoms with Gasteiger partial charge in [-0.3, -0.25) is 4.79 Å². The predicted octanol–water partition coefficient (Wildman–Crippen LogP) is 4.06. The van der Waals surface area contributed by atoms with Gasteiger partial charge in [0.25, 0.3) is 5.56 Å². The van der Waals surface area contributed by atoms with Crippen LogP contribution >= 0.6 is 11.3 Å². The molecule has 1 unspecified atom stereocenters. The number of nitrogens with one attached hydrogen (secondary N) is 1. The number of hydrogen-bond donors (Lipinski definition) is 1. The largest absolute Gasteiger partial charge is 0.377 e. The molecular formula is C16H22N2OS. The second-order valence-corrected chi connectivity index (χ2v) is 6.17. The molecule has 0 fully saturated rings. The van der Waals surface area contributed by atoms with Gasteiger partial charge in [-0.2, -0.15) is 0 Å². The van der Waals surface area contributed by atoms with Crippen molar-refractivity contribution < 1.29 is 0 Å². The highest BCUT2D eigenvalue weighted by Crippen LogP contribution is 2.26. The van der Waals surface area contributed by atoms with Crippen LogP contribution in [-0.4, -0.2) is 4.57 Å². The van der Waals surface area contributed by atoms with Crippen molar-refractivity contribution in [1.82, 2.24) is 4.57 Å². The zero-order valence-corrected chi connectivity index (χ0v) is 13.2. The summed E-state index contributed by atoms with van der Waals surface area (Å²) in [6.45, 7) is 7.17. The van der Waals surface area contributed by atoms with Crippen LogP contribution < -0.4 is 10.9 Å². The van der Waals surface area contributed by atoms with E-state index in [0.29, 0.717) is 0 Å². The summed E-state index contributed by atoms with van der Waals surface area (Å²) >= 11 is 1.85. The fourth-order valence-corrected chi connectivity index (χ4v) is 3.13. The van der Waals surface area contributed by atoms with Crippen LogP contribution in [0, 0.1) is 0 Å². The fraction of sp³-hybridized carbons (Fsp3) is 0.438. The molecule has 0 amide bonds. The monoisotopic (exact) mass is 290 g/mol. The van der Waals surface area contributed by atoms with Crippen LogP contribution in [-0.2, 0) is 13.0 Å². The number of hydrogen-bond acceptors (Lipinski definition) is 3. The van der Waals surface area contributed by atoms with Gasteiger partial charge in [0.15, 0.2) is 0 Å². The van der Waals surface area contributed by atoms with Crippen molar-refractivity contribution in [1.29, 1.82) is 0 Å². The predicted molar refractivity (Wildman–Crippen MR) is 86.7 cm³/mol. The fourth-order valence-electron chi connectivity index (χ4n) is 2.17. The molecule has 0 bridgehead atoms. The van der Waals surface area contributed by atoms with E-state index in [2.05, 4.69) is 38.2 Å². The summed E-state index contributed by atoms with van der Waals surface area (Å²) in [7, 11) is 0. The average Bonchev–Trinajstić information content (AvgIpc) is 2.92. The highest BCUT2D eigenvalue weighted by Gasteiger charge is 2.08. The molecule has 0 saturated heterocycles. The summed E-state index contributed by atoms with van der Waals surface area (Å²) in [4.78, 5) is 14.4. The van der Waals surface area contributed by atoms with Gasteiger partial charge in [-0.15, -0.1) is 11.3 Å². The van der Waals surface area contributed by atoms with E-state index in [-0.39, 0.29) is 11.6 Å². The molecule has 0 saturated carbocycles. The minimum Gasteiger partial charge on any atom is -0.377 e. The number of anilines is 1. The molecule has 108 valence electrons. The van der Waals surface area contributed by atoms with Crippen LogP contribution in [0.2, 0.25) is 0 Å². The maximum Gasteiger partial charge on any atom is 0.250 e. The molecule has 0 radical (unpaired) electrons. The number of rotatable bonds is 6. The number of nitrogens with zero attached hydrogens (tertiary/aromatic N) is 1. The van der Waals surface area contributed by atoms with Crippen LogP contribution in [0.25, 0.3) is 0 Å². The Balaban J connectivity index is 2.12. The zero-order valence-electron chi connectivity index (χ0n) is 12.3. The average molecular weight is 290 g/mol. The quantitative estimate of drug-likeness (QED) is 0.870. The van der Waals surface area contributed by atoms with E-state index >= 15 is 0 Å². The molecule has 1 N–H and O–H groups in total. The minimum atomic E-state index is 0.0643. The van der Waals surface area contributed by atoms with Crippen molar-refractivity contribution in [3.8, 4) is 0 Å². The maximum absolute atomic E-state index is 11.7. The van der Waals surface area contributed by atoms with Crippen molar-refractivity contribution in [2.45, 2.75) is 46.2 Å². The lowest BCUT2D eigenvalue weighted by Crippen LogP contribution is -2.19. The summed E-state index contributed by atoms with van der Waals surface area (Å²) < 4.78 is 1.76. The number of pyridine rings is 1. The van der Waals surface area contributed by atoms with E-state index in [1.807, 2.05) is 23.6 Å². The van der Waals surface area contributed by atoms with Crippen molar-refractivity contribution in [2.75, 3.05) is 5.32 Å². The van der Waals surface area contributed by atoms with Crippen LogP contribution in [0.3, 0.4) is 0 Å². The van der Waals surface area contributed by atoms with Gasteiger partial charge >= 0.3 is 0 Å². The summed E-state index contributed by atoms with van der Waals surface area (Å²) in [5.74, 6) is 0. The van der Waals surface area contributed by atoms with Gasteiger partial charge in [0.1, 0.15) is 0 Å². The molecule has 4 heteroatoms. The Labute approximate surface area is 124 Å². The Morgan fingerprint density at radius 3 is 2.70 bits per heavy atom. The van der Waals surface area contributed by atoms with E-state index in [0.717, 1.165) is 25.1 Å². The van der Waals surface area contributed by atoms with Gasteiger partial charge in [-0.05, 0) is 38.0 Å². The third kappa shape index (κ3) is 3.51. The van der Waals surface area contributed by atoms with Crippen molar-refractivity contribution in [3.05, 3.63) is 50.6 Å². The first-order chi connectivity index (χ1) is 9.63. The molecule has 2 rings (SSSR count). The summed E-state index contributed by atoms with van der Waals surface area (Å²) in [5.41, 5.74) is 1.06. The molecule has 20 heavy (non-hydrogen) atoms.